The van der Waals surface area contributed by atoms with Crippen LogP contribution in [0.25, 0.3) is 11.0 Å². The summed E-state index contributed by atoms with van der Waals surface area (Å²) >= 11 is 1.58. The number of amides is 2. The summed E-state index contributed by atoms with van der Waals surface area (Å²) in [6.07, 6.45) is 4.17. The Morgan fingerprint density at radius 2 is 2.06 bits per heavy atom. The van der Waals surface area contributed by atoms with Crippen molar-refractivity contribution in [1.29, 1.82) is 0 Å². The molecule has 1 saturated heterocycles. The van der Waals surface area contributed by atoms with Gasteiger partial charge in [-0.3, -0.25) is 14.6 Å². The molecule has 4 heterocycles. The summed E-state index contributed by atoms with van der Waals surface area (Å²) in [5, 5.41) is 6.07. The molecule has 2 aromatic heterocycles. The Labute approximate surface area is 208 Å². The molecule has 0 saturated carbocycles. The lowest BCUT2D eigenvalue weighted by Crippen LogP contribution is -2.45. The second-order valence-electron chi connectivity index (χ2n) is 9.35. The zero-order chi connectivity index (χ0) is 24.4. The maximum atomic E-state index is 13.3. The van der Waals surface area contributed by atoms with Crippen LogP contribution in [0.4, 0.5) is 11.4 Å². The maximum Gasteiger partial charge on any atom is 0.234 e. The van der Waals surface area contributed by atoms with Gasteiger partial charge in [0.2, 0.25) is 17.7 Å². The van der Waals surface area contributed by atoms with Crippen LogP contribution in [-0.2, 0) is 16.0 Å². The van der Waals surface area contributed by atoms with Gasteiger partial charge < -0.3 is 20.3 Å². The van der Waals surface area contributed by atoms with E-state index >= 15 is 0 Å². The molecule has 0 atom stereocenters. The number of hydrogen-bond acceptors (Lipinski definition) is 7. The number of pyridine rings is 2. The van der Waals surface area contributed by atoms with E-state index in [1.54, 1.807) is 37.2 Å². The van der Waals surface area contributed by atoms with Crippen LogP contribution >= 0.6 is 11.8 Å². The highest BCUT2D eigenvalue weighted by atomic mass is 32.2. The minimum atomic E-state index is -0.446. The van der Waals surface area contributed by atoms with E-state index in [9.17, 15) is 9.59 Å². The quantitative estimate of drug-likeness (QED) is 0.539. The Kier molecular flexibility index (Phi) is 6.62. The first kappa shape index (κ1) is 23.6. The van der Waals surface area contributed by atoms with E-state index in [0.717, 1.165) is 49.5 Å². The molecule has 0 unspecified atom stereocenters. The number of carbonyl (C=O) groups is 2. The highest BCUT2D eigenvalue weighted by molar-refractivity contribution is 8.00. The normalized spacial score (nSPS) is 17.5. The molecular formula is C26H29N5O3S. The Morgan fingerprint density at radius 1 is 1.23 bits per heavy atom. The van der Waals surface area contributed by atoms with Gasteiger partial charge in [0, 0.05) is 29.1 Å². The van der Waals surface area contributed by atoms with Crippen LogP contribution in [0, 0.1) is 5.41 Å². The lowest BCUT2D eigenvalue weighted by atomic mass is 9.79. The molecule has 2 N–H and O–H groups in total. The number of ether oxygens (including phenoxy) is 1. The van der Waals surface area contributed by atoms with Crippen LogP contribution in [0.15, 0.2) is 47.5 Å². The number of methoxy groups -OCH3 is 1. The van der Waals surface area contributed by atoms with E-state index in [1.165, 1.54) is 5.56 Å². The molecule has 2 aliphatic rings. The van der Waals surface area contributed by atoms with Crippen molar-refractivity contribution in [1.82, 2.24) is 14.9 Å². The van der Waals surface area contributed by atoms with Gasteiger partial charge >= 0.3 is 0 Å². The molecule has 1 fully saturated rings. The number of piperidine rings is 1. The van der Waals surface area contributed by atoms with Crippen LogP contribution < -0.4 is 15.4 Å². The predicted molar refractivity (Wildman–Crippen MR) is 138 cm³/mol. The Bertz CT molecular complexity index is 1270. The average Bonchev–Trinajstić information content (AvgIpc) is 2.88. The molecule has 5 rings (SSSR count). The number of thioether (sulfide) groups is 1. The molecule has 9 heteroatoms. The molecule has 2 aliphatic heterocycles. The van der Waals surface area contributed by atoms with E-state index in [0.29, 0.717) is 28.4 Å². The summed E-state index contributed by atoms with van der Waals surface area (Å²) in [6.45, 7) is 4.70. The second kappa shape index (κ2) is 9.83. The molecule has 0 aliphatic carbocycles. The van der Waals surface area contributed by atoms with Gasteiger partial charge in [0.25, 0.3) is 0 Å². The van der Waals surface area contributed by atoms with Crippen molar-refractivity contribution in [2.45, 2.75) is 31.1 Å². The number of benzene rings is 1. The number of hydrogen-bond donors (Lipinski definition) is 2. The number of carbonyl (C=O) groups excluding carboxylic acids is 2. The number of likely N-dealkylation sites (tertiary alicyclic amines) is 1. The summed E-state index contributed by atoms with van der Waals surface area (Å²) in [6, 6.07) is 11.7. The zero-order valence-electron chi connectivity index (χ0n) is 20.0. The monoisotopic (exact) mass is 491 g/mol. The Balaban J connectivity index is 1.18. The largest absolute Gasteiger partial charge is 0.481 e. The highest BCUT2D eigenvalue weighted by Gasteiger charge is 2.37. The van der Waals surface area contributed by atoms with Crippen molar-refractivity contribution in [3.05, 3.63) is 48.2 Å². The van der Waals surface area contributed by atoms with Crippen LogP contribution in [0.1, 0.15) is 25.3 Å². The second-order valence-corrected chi connectivity index (χ2v) is 10.4. The van der Waals surface area contributed by atoms with Gasteiger partial charge in [0.15, 0.2) is 0 Å². The fourth-order valence-corrected chi connectivity index (χ4v) is 5.35. The van der Waals surface area contributed by atoms with E-state index in [2.05, 4.69) is 43.7 Å². The third-order valence-corrected chi connectivity index (χ3v) is 7.99. The van der Waals surface area contributed by atoms with Crippen molar-refractivity contribution in [3.8, 4) is 5.88 Å². The SMILES string of the molecule is COc1ccc2nccc(NC(=O)C3(C)CCN(CCc4ccc5c(c4)NC(=O)CS5)CC3)c2n1. The summed E-state index contributed by atoms with van der Waals surface area (Å²) in [7, 11) is 1.57. The lowest BCUT2D eigenvalue weighted by Gasteiger charge is -2.38. The maximum absolute atomic E-state index is 13.3. The Morgan fingerprint density at radius 3 is 2.86 bits per heavy atom. The lowest BCUT2D eigenvalue weighted by molar-refractivity contribution is -0.127. The van der Waals surface area contributed by atoms with Gasteiger partial charge in [0.05, 0.1) is 29.8 Å². The summed E-state index contributed by atoms with van der Waals surface area (Å²) < 4.78 is 5.24. The third-order valence-electron chi connectivity index (χ3n) is 6.92. The summed E-state index contributed by atoms with van der Waals surface area (Å²) in [4.78, 5) is 37.3. The predicted octanol–water partition coefficient (Wildman–Crippen LogP) is 3.97. The third kappa shape index (κ3) is 5.11. The number of anilines is 2. The molecule has 182 valence electrons. The van der Waals surface area contributed by atoms with Crippen molar-refractivity contribution in [2.75, 3.05) is 43.1 Å². The van der Waals surface area contributed by atoms with E-state index in [4.69, 9.17) is 4.74 Å². The van der Waals surface area contributed by atoms with Crippen molar-refractivity contribution in [2.24, 2.45) is 5.41 Å². The number of rotatable bonds is 6. The first-order valence-corrected chi connectivity index (χ1v) is 12.8. The molecule has 2 amide bonds. The molecule has 8 nitrogen and oxygen atoms in total. The Hall–Kier alpha value is -3.17. The molecule has 0 bridgehead atoms. The van der Waals surface area contributed by atoms with Gasteiger partial charge in [0.1, 0.15) is 5.52 Å². The molecular weight excluding hydrogens is 462 g/mol. The number of fused-ring (bicyclic) bond motifs is 2. The standard InChI is InChI=1S/C26H29N5O3S/c1-26(25(33)29-19-7-11-27-18-4-6-23(34-2)30-24(18)19)9-13-31(14-10-26)12-8-17-3-5-21-20(15-17)28-22(32)16-35-21/h3-7,11,15H,8-10,12-14,16H2,1-2H3,(H,28,32)(H,27,29,33). The smallest absolute Gasteiger partial charge is 0.234 e. The molecule has 0 spiro atoms. The van der Waals surface area contributed by atoms with E-state index in [1.807, 2.05) is 13.0 Å². The highest BCUT2D eigenvalue weighted by Crippen LogP contribution is 2.34. The number of aromatic nitrogens is 2. The molecule has 1 aromatic carbocycles. The number of nitrogens with one attached hydrogen (secondary N) is 2. The average molecular weight is 492 g/mol. The fraction of sp³-hybridized carbons (Fsp3) is 0.385. The van der Waals surface area contributed by atoms with Crippen molar-refractivity contribution < 1.29 is 14.3 Å². The fourth-order valence-electron chi connectivity index (χ4n) is 4.57. The van der Waals surface area contributed by atoms with Crippen LogP contribution in [0.2, 0.25) is 0 Å². The van der Waals surface area contributed by atoms with Crippen LogP contribution in [0.5, 0.6) is 5.88 Å². The minimum Gasteiger partial charge on any atom is -0.481 e. The minimum absolute atomic E-state index is 0.0113. The zero-order valence-corrected chi connectivity index (χ0v) is 20.8. The topological polar surface area (TPSA) is 96.5 Å². The molecule has 35 heavy (non-hydrogen) atoms. The summed E-state index contributed by atoms with van der Waals surface area (Å²) in [5.74, 6) is 1.04. The van der Waals surface area contributed by atoms with Crippen LogP contribution in [0.3, 0.4) is 0 Å². The first-order chi connectivity index (χ1) is 16.9. The van der Waals surface area contributed by atoms with Gasteiger partial charge in [-0.25, -0.2) is 4.98 Å². The van der Waals surface area contributed by atoms with Crippen molar-refractivity contribution >= 4 is 46.0 Å². The van der Waals surface area contributed by atoms with E-state index in [-0.39, 0.29) is 11.8 Å². The van der Waals surface area contributed by atoms with Gasteiger partial charge in [-0.1, -0.05) is 13.0 Å². The van der Waals surface area contributed by atoms with Gasteiger partial charge in [-0.2, -0.15) is 0 Å². The van der Waals surface area contributed by atoms with Crippen molar-refractivity contribution in [3.63, 3.8) is 0 Å². The van der Waals surface area contributed by atoms with Gasteiger partial charge in [-0.15, -0.1) is 11.8 Å². The van der Waals surface area contributed by atoms with Gasteiger partial charge in [-0.05, 0) is 62.2 Å². The molecule has 3 aromatic rings. The van der Waals surface area contributed by atoms with Crippen LogP contribution in [-0.4, -0.2) is 59.2 Å². The number of nitrogens with zero attached hydrogens (tertiary/aromatic N) is 3. The molecule has 0 radical (unpaired) electrons. The van der Waals surface area contributed by atoms with E-state index < -0.39 is 5.41 Å². The summed E-state index contributed by atoms with van der Waals surface area (Å²) in [5.41, 5.74) is 3.68. The first-order valence-electron chi connectivity index (χ1n) is 11.8.